The van der Waals surface area contributed by atoms with Crippen LogP contribution < -0.4 is 5.32 Å². The molecule has 1 N–H and O–H groups in total. The Kier molecular flexibility index (Phi) is 9.04. The molecule has 0 bridgehead atoms. The first-order valence-corrected chi connectivity index (χ1v) is 9.29. The summed E-state index contributed by atoms with van der Waals surface area (Å²) in [6, 6.07) is 9.97. The molecule has 114 valence electrons. The van der Waals surface area contributed by atoms with Crippen LogP contribution in [0.2, 0.25) is 0 Å². The third kappa shape index (κ3) is 6.81. The quantitative estimate of drug-likeness (QED) is 0.431. The van der Waals surface area contributed by atoms with E-state index in [-0.39, 0.29) is 0 Å². The van der Waals surface area contributed by atoms with Crippen molar-refractivity contribution in [2.24, 2.45) is 0 Å². The van der Waals surface area contributed by atoms with Gasteiger partial charge in [-0.25, -0.2) is 0 Å². The summed E-state index contributed by atoms with van der Waals surface area (Å²) in [5, 5.41) is 3.72. The minimum Gasteiger partial charge on any atom is -0.308 e. The number of hydrogen-bond acceptors (Lipinski definition) is 2. The maximum atomic E-state index is 3.72. The fourth-order valence-corrected chi connectivity index (χ4v) is 2.96. The predicted octanol–water partition coefficient (Wildman–Crippen LogP) is 5.81. The van der Waals surface area contributed by atoms with Crippen molar-refractivity contribution in [1.82, 2.24) is 5.32 Å². The summed E-state index contributed by atoms with van der Waals surface area (Å²) in [6.45, 7) is 6.85. The van der Waals surface area contributed by atoms with Gasteiger partial charge in [-0.05, 0) is 44.2 Å². The lowest BCUT2D eigenvalue weighted by Gasteiger charge is -2.20. The van der Waals surface area contributed by atoms with Gasteiger partial charge in [0, 0.05) is 17.0 Å². The Bertz CT molecular complexity index is 347. The molecule has 0 heterocycles. The Hall–Kier alpha value is -0.470. The highest BCUT2D eigenvalue weighted by molar-refractivity contribution is 7.98. The van der Waals surface area contributed by atoms with Crippen molar-refractivity contribution in [3.63, 3.8) is 0 Å². The fourth-order valence-electron chi connectivity index (χ4n) is 2.55. The summed E-state index contributed by atoms with van der Waals surface area (Å²) >= 11 is 1.80. The molecule has 2 unspecified atom stereocenters. The zero-order valence-corrected chi connectivity index (χ0v) is 14.4. The van der Waals surface area contributed by atoms with Gasteiger partial charge >= 0.3 is 0 Å². The average molecular weight is 294 g/mol. The SMILES string of the molecule is CCCCCCCC(C)NC(C)c1ccc(SC)cc1. The Morgan fingerprint density at radius 1 is 1.00 bits per heavy atom. The molecule has 1 aromatic carbocycles. The predicted molar refractivity (Wildman–Crippen MR) is 92.6 cm³/mol. The molecule has 0 amide bonds. The van der Waals surface area contributed by atoms with Crippen LogP contribution in [0.1, 0.15) is 70.9 Å². The number of thioether (sulfide) groups is 1. The monoisotopic (exact) mass is 293 g/mol. The second-order valence-electron chi connectivity index (χ2n) is 5.77. The number of unbranched alkanes of at least 4 members (excludes halogenated alkanes) is 4. The third-order valence-electron chi connectivity index (χ3n) is 3.89. The number of benzene rings is 1. The molecule has 2 atom stereocenters. The summed E-state index contributed by atoms with van der Waals surface area (Å²) in [4.78, 5) is 1.34. The average Bonchev–Trinajstić information content (AvgIpc) is 2.47. The topological polar surface area (TPSA) is 12.0 Å². The van der Waals surface area contributed by atoms with Crippen LogP contribution in [0, 0.1) is 0 Å². The first-order valence-electron chi connectivity index (χ1n) is 8.07. The first kappa shape index (κ1) is 17.6. The van der Waals surface area contributed by atoms with Gasteiger partial charge in [-0.3, -0.25) is 0 Å². The fraction of sp³-hybridized carbons (Fsp3) is 0.667. The van der Waals surface area contributed by atoms with Crippen molar-refractivity contribution in [2.75, 3.05) is 6.26 Å². The van der Waals surface area contributed by atoms with Gasteiger partial charge in [0.05, 0.1) is 0 Å². The van der Waals surface area contributed by atoms with Crippen molar-refractivity contribution < 1.29 is 0 Å². The van der Waals surface area contributed by atoms with E-state index in [1.165, 1.54) is 49.0 Å². The van der Waals surface area contributed by atoms with Crippen molar-refractivity contribution in [1.29, 1.82) is 0 Å². The van der Waals surface area contributed by atoms with E-state index >= 15 is 0 Å². The Labute approximate surface area is 129 Å². The van der Waals surface area contributed by atoms with Crippen LogP contribution in [0.15, 0.2) is 29.2 Å². The van der Waals surface area contributed by atoms with Crippen LogP contribution in [0.25, 0.3) is 0 Å². The Morgan fingerprint density at radius 3 is 2.25 bits per heavy atom. The molecule has 2 heteroatoms. The van der Waals surface area contributed by atoms with Gasteiger partial charge in [0.25, 0.3) is 0 Å². The molecule has 0 aliphatic rings. The molecule has 1 nitrogen and oxygen atoms in total. The molecule has 0 aromatic heterocycles. The highest BCUT2D eigenvalue weighted by Crippen LogP contribution is 2.19. The lowest BCUT2D eigenvalue weighted by molar-refractivity contribution is 0.436. The van der Waals surface area contributed by atoms with Crippen molar-refractivity contribution in [3.8, 4) is 0 Å². The maximum Gasteiger partial charge on any atom is 0.0294 e. The van der Waals surface area contributed by atoms with Gasteiger partial charge in [-0.2, -0.15) is 0 Å². The molecule has 0 saturated carbocycles. The van der Waals surface area contributed by atoms with E-state index in [0.29, 0.717) is 12.1 Å². The van der Waals surface area contributed by atoms with Crippen LogP contribution in [0.4, 0.5) is 0 Å². The standard InChI is InChI=1S/C18H31NS/c1-5-6-7-8-9-10-15(2)19-16(3)17-11-13-18(20-4)14-12-17/h11-16,19H,5-10H2,1-4H3. The second-order valence-corrected chi connectivity index (χ2v) is 6.65. The molecular formula is C18H31NS. The molecule has 0 radical (unpaired) electrons. The van der Waals surface area contributed by atoms with E-state index in [1.54, 1.807) is 11.8 Å². The summed E-state index contributed by atoms with van der Waals surface area (Å²) in [5.74, 6) is 0. The second kappa shape index (κ2) is 10.3. The van der Waals surface area contributed by atoms with Gasteiger partial charge in [-0.15, -0.1) is 11.8 Å². The van der Waals surface area contributed by atoms with Crippen molar-refractivity contribution >= 4 is 11.8 Å². The van der Waals surface area contributed by atoms with E-state index in [4.69, 9.17) is 0 Å². The zero-order chi connectivity index (χ0) is 14.8. The van der Waals surface area contributed by atoms with Crippen LogP contribution in [0.5, 0.6) is 0 Å². The van der Waals surface area contributed by atoms with Gasteiger partial charge in [0.2, 0.25) is 0 Å². The van der Waals surface area contributed by atoms with Crippen LogP contribution in [-0.2, 0) is 0 Å². The molecule has 0 fully saturated rings. The van der Waals surface area contributed by atoms with Gasteiger partial charge in [-0.1, -0.05) is 51.2 Å². The third-order valence-corrected chi connectivity index (χ3v) is 4.63. The maximum absolute atomic E-state index is 3.72. The summed E-state index contributed by atoms with van der Waals surface area (Å²) < 4.78 is 0. The van der Waals surface area contributed by atoms with E-state index in [9.17, 15) is 0 Å². The number of nitrogens with one attached hydrogen (secondary N) is 1. The molecule has 0 aliphatic carbocycles. The molecule has 1 rings (SSSR count). The largest absolute Gasteiger partial charge is 0.308 e. The van der Waals surface area contributed by atoms with E-state index in [2.05, 4.69) is 56.6 Å². The van der Waals surface area contributed by atoms with Crippen molar-refractivity contribution in [2.45, 2.75) is 76.3 Å². The minimum absolute atomic E-state index is 0.441. The van der Waals surface area contributed by atoms with E-state index < -0.39 is 0 Å². The Morgan fingerprint density at radius 2 is 1.65 bits per heavy atom. The smallest absolute Gasteiger partial charge is 0.0294 e. The molecule has 20 heavy (non-hydrogen) atoms. The zero-order valence-electron chi connectivity index (χ0n) is 13.6. The van der Waals surface area contributed by atoms with Crippen LogP contribution in [0.3, 0.4) is 0 Å². The minimum atomic E-state index is 0.441. The lowest BCUT2D eigenvalue weighted by atomic mass is 10.0. The van der Waals surface area contributed by atoms with Gasteiger partial charge in [0.15, 0.2) is 0 Å². The molecule has 0 aliphatic heterocycles. The van der Waals surface area contributed by atoms with Crippen LogP contribution in [-0.4, -0.2) is 12.3 Å². The molecule has 0 spiro atoms. The lowest BCUT2D eigenvalue weighted by Crippen LogP contribution is -2.28. The normalized spacial score (nSPS) is 14.2. The first-order chi connectivity index (χ1) is 9.67. The van der Waals surface area contributed by atoms with Crippen LogP contribution >= 0.6 is 11.8 Å². The summed E-state index contributed by atoms with van der Waals surface area (Å²) in [5.41, 5.74) is 1.39. The highest BCUT2D eigenvalue weighted by Gasteiger charge is 2.09. The van der Waals surface area contributed by atoms with Gasteiger partial charge in [0.1, 0.15) is 0 Å². The molecule has 1 aromatic rings. The molecule has 0 saturated heterocycles. The van der Waals surface area contributed by atoms with Gasteiger partial charge < -0.3 is 5.32 Å². The Balaban J connectivity index is 2.27. The van der Waals surface area contributed by atoms with Crippen molar-refractivity contribution in [3.05, 3.63) is 29.8 Å². The highest BCUT2D eigenvalue weighted by atomic mass is 32.2. The number of rotatable bonds is 10. The number of hydrogen-bond donors (Lipinski definition) is 1. The van der Waals surface area contributed by atoms with E-state index in [1.807, 2.05) is 0 Å². The summed E-state index contributed by atoms with van der Waals surface area (Å²) in [7, 11) is 0. The molecular weight excluding hydrogens is 262 g/mol. The van der Waals surface area contributed by atoms with E-state index in [0.717, 1.165) is 0 Å². The summed E-state index contributed by atoms with van der Waals surface area (Å²) in [6.07, 6.45) is 10.3.